The topological polar surface area (TPSA) is 61.9 Å². The Bertz CT molecular complexity index is 713. The van der Waals surface area contributed by atoms with E-state index in [2.05, 4.69) is 16.8 Å². The van der Waals surface area contributed by atoms with Crippen molar-refractivity contribution in [1.82, 2.24) is 14.4 Å². The fourth-order valence-electron chi connectivity index (χ4n) is 2.98. The van der Waals surface area contributed by atoms with Gasteiger partial charge in [0.2, 0.25) is 5.43 Å². The smallest absolute Gasteiger partial charge is 0.223 e. The van der Waals surface area contributed by atoms with Crippen LogP contribution in [0.25, 0.3) is 0 Å². The van der Waals surface area contributed by atoms with Gasteiger partial charge in [-0.25, -0.2) is 0 Å². The summed E-state index contributed by atoms with van der Waals surface area (Å²) in [4.78, 5) is 16.5. The number of aromatic nitrogens is 1. The van der Waals surface area contributed by atoms with Gasteiger partial charge in [-0.2, -0.15) is 0 Å². The van der Waals surface area contributed by atoms with Gasteiger partial charge in [-0.05, 0) is 26.1 Å². The summed E-state index contributed by atoms with van der Waals surface area (Å²) in [5.74, 6) is 0.650. The Hall–Kier alpha value is -2.05. The molecule has 0 atom stereocenters. The van der Waals surface area contributed by atoms with Gasteiger partial charge in [-0.3, -0.25) is 9.69 Å². The lowest BCUT2D eigenvalue weighted by molar-refractivity contribution is 0.144. The SMILES string of the molecule is Cc1cc(=O)c(O)c(CN2CCN(C)CC2)n1Cc1ccco1. The lowest BCUT2D eigenvalue weighted by Gasteiger charge is -2.33. The van der Waals surface area contributed by atoms with E-state index in [0.717, 1.165) is 37.6 Å². The lowest BCUT2D eigenvalue weighted by Crippen LogP contribution is -2.44. The molecule has 6 heteroatoms. The van der Waals surface area contributed by atoms with Crippen molar-refractivity contribution < 1.29 is 9.52 Å². The summed E-state index contributed by atoms with van der Waals surface area (Å²) >= 11 is 0. The Kier molecular flexibility index (Phi) is 4.54. The van der Waals surface area contributed by atoms with Gasteiger partial charge in [0, 0.05) is 44.5 Å². The number of aromatic hydroxyl groups is 1. The first-order valence-electron chi connectivity index (χ1n) is 7.90. The van der Waals surface area contributed by atoms with Crippen molar-refractivity contribution in [3.8, 4) is 5.75 Å². The number of pyridine rings is 1. The van der Waals surface area contributed by atoms with Gasteiger partial charge >= 0.3 is 0 Å². The summed E-state index contributed by atoms with van der Waals surface area (Å²) in [7, 11) is 2.11. The van der Waals surface area contributed by atoms with E-state index in [1.54, 1.807) is 6.26 Å². The van der Waals surface area contributed by atoms with Crippen molar-refractivity contribution in [2.45, 2.75) is 20.0 Å². The molecular formula is C17H23N3O3. The van der Waals surface area contributed by atoms with Gasteiger partial charge in [0.15, 0.2) is 5.75 Å². The minimum atomic E-state index is -0.317. The van der Waals surface area contributed by atoms with Gasteiger partial charge in [-0.15, -0.1) is 0 Å². The molecule has 3 rings (SSSR count). The van der Waals surface area contributed by atoms with Crippen LogP contribution >= 0.6 is 0 Å². The molecule has 3 heterocycles. The van der Waals surface area contributed by atoms with Crippen LogP contribution in [0.1, 0.15) is 17.1 Å². The zero-order valence-electron chi connectivity index (χ0n) is 13.7. The molecule has 1 aliphatic rings. The Morgan fingerprint density at radius 3 is 2.61 bits per heavy atom. The number of nitrogens with zero attached hydrogens (tertiary/aromatic N) is 3. The third-order valence-electron chi connectivity index (χ3n) is 4.46. The zero-order valence-corrected chi connectivity index (χ0v) is 13.7. The molecular weight excluding hydrogens is 294 g/mol. The number of piperazine rings is 1. The quantitative estimate of drug-likeness (QED) is 0.919. The van der Waals surface area contributed by atoms with Gasteiger partial charge in [0.1, 0.15) is 5.76 Å². The van der Waals surface area contributed by atoms with Crippen LogP contribution in [0.4, 0.5) is 0 Å². The van der Waals surface area contributed by atoms with Crippen molar-refractivity contribution in [2.24, 2.45) is 0 Å². The Morgan fingerprint density at radius 1 is 1.22 bits per heavy atom. The van der Waals surface area contributed by atoms with E-state index in [-0.39, 0.29) is 11.2 Å². The van der Waals surface area contributed by atoms with Crippen molar-refractivity contribution in [2.75, 3.05) is 33.2 Å². The summed E-state index contributed by atoms with van der Waals surface area (Å²) in [6, 6.07) is 5.22. The van der Waals surface area contributed by atoms with E-state index in [0.29, 0.717) is 18.8 Å². The molecule has 6 nitrogen and oxygen atoms in total. The van der Waals surface area contributed by atoms with E-state index in [1.807, 2.05) is 23.6 Å². The summed E-state index contributed by atoms with van der Waals surface area (Å²) < 4.78 is 7.39. The van der Waals surface area contributed by atoms with E-state index >= 15 is 0 Å². The minimum Gasteiger partial charge on any atom is -0.503 e. The first-order chi connectivity index (χ1) is 11.0. The lowest BCUT2D eigenvalue weighted by atomic mass is 10.2. The maximum absolute atomic E-state index is 12.0. The van der Waals surface area contributed by atoms with E-state index < -0.39 is 0 Å². The predicted octanol–water partition coefficient (Wildman–Crippen LogP) is 1.25. The van der Waals surface area contributed by atoms with Crippen LogP contribution in [0.3, 0.4) is 0 Å². The second-order valence-electron chi connectivity index (χ2n) is 6.19. The molecule has 0 unspecified atom stereocenters. The first kappa shape index (κ1) is 15.8. The largest absolute Gasteiger partial charge is 0.503 e. The normalized spacial score (nSPS) is 16.8. The number of furan rings is 1. The molecule has 23 heavy (non-hydrogen) atoms. The predicted molar refractivity (Wildman–Crippen MR) is 87.7 cm³/mol. The highest BCUT2D eigenvalue weighted by atomic mass is 16.3. The van der Waals surface area contributed by atoms with Gasteiger partial charge in [0.25, 0.3) is 0 Å². The summed E-state index contributed by atoms with van der Waals surface area (Å²) in [6.45, 7) is 6.81. The van der Waals surface area contributed by atoms with Crippen molar-refractivity contribution >= 4 is 0 Å². The second-order valence-corrected chi connectivity index (χ2v) is 6.19. The van der Waals surface area contributed by atoms with Crippen LogP contribution < -0.4 is 5.43 Å². The van der Waals surface area contributed by atoms with Crippen molar-refractivity contribution in [3.05, 3.63) is 51.8 Å². The first-order valence-corrected chi connectivity index (χ1v) is 7.90. The third-order valence-corrected chi connectivity index (χ3v) is 4.46. The third kappa shape index (κ3) is 3.48. The highest BCUT2D eigenvalue weighted by Gasteiger charge is 2.20. The standard InChI is InChI=1S/C17H23N3O3/c1-13-10-16(21)17(22)15(12-19-7-5-18(2)6-8-19)20(13)11-14-4-3-9-23-14/h3-4,9-10,22H,5-8,11-12H2,1-2H3. The van der Waals surface area contributed by atoms with Gasteiger partial charge < -0.3 is 19.0 Å². The van der Waals surface area contributed by atoms with Gasteiger partial charge in [0.05, 0.1) is 18.5 Å². The molecule has 0 aromatic carbocycles. The number of hydrogen-bond donors (Lipinski definition) is 1. The Labute approximate surface area is 135 Å². The molecule has 0 amide bonds. The van der Waals surface area contributed by atoms with Crippen LogP contribution in [0.15, 0.2) is 33.7 Å². The summed E-state index contributed by atoms with van der Waals surface area (Å²) in [6.07, 6.45) is 1.63. The molecule has 0 saturated carbocycles. The number of rotatable bonds is 4. The molecule has 2 aromatic heterocycles. The van der Waals surface area contributed by atoms with Crippen LogP contribution in [-0.2, 0) is 13.1 Å². The molecule has 0 radical (unpaired) electrons. The van der Waals surface area contributed by atoms with E-state index in [9.17, 15) is 9.90 Å². The average molecular weight is 317 g/mol. The zero-order chi connectivity index (χ0) is 16.4. The average Bonchev–Trinajstić information content (AvgIpc) is 3.03. The Balaban J connectivity index is 1.91. The van der Waals surface area contributed by atoms with Gasteiger partial charge in [-0.1, -0.05) is 0 Å². The second kappa shape index (κ2) is 6.60. The van der Waals surface area contributed by atoms with Crippen molar-refractivity contribution in [3.63, 3.8) is 0 Å². The number of aryl methyl sites for hydroxylation is 1. The molecule has 0 aliphatic carbocycles. The highest BCUT2D eigenvalue weighted by molar-refractivity contribution is 5.30. The molecule has 124 valence electrons. The van der Waals surface area contributed by atoms with Crippen LogP contribution in [-0.4, -0.2) is 52.7 Å². The number of hydrogen-bond acceptors (Lipinski definition) is 5. The van der Waals surface area contributed by atoms with E-state index in [1.165, 1.54) is 6.07 Å². The molecule has 1 fully saturated rings. The molecule has 1 saturated heterocycles. The maximum Gasteiger partial charge on any atom is 0.223 e. The molecule has 1 aliphatic heterocycles. The summed E-state index contributed by atoms with van der Waals surface area (Å²) in [5, 5.41) is 10.3. The Morgan fingerprint density at radius 2 is 1.96 bits per heavy atom. The molecule has 0 bridgehead atoms. The van der Waals surface area contributed by atoms with Crippen LogP contribution in [0.2, 0.25) is 0 Å². The molecule has 1 N–H and O–H groups in total. The van der Waals surface area contributed by atoms with Crippen LogP contribution in [0.5, 0.6) is 5.75 Å². The van der Waals surface area contributed by atoms with E-state index in [4.69, 9.17) is 4.42 Å². The summed E-state index contributed by atoms with van der Waals surface area (Å²) in [5.41, 5.74) is 1.17. The highest BCUT2D eigenvalue weighted by Crippen LogP contribution is 2.19. The van der Waals surface area contributed by atoms with Crippen LogP contribution in [0, 0.1) is 6.92 Å². The monoisotopic (exact) mass is 317 g/mol. The number of likely N-dealkylation sites (N-methyl/N-ethyl adjacent to an activating group) is 1. The maximum atomic E-state index is 12.0. The molecule has 2 aromatic rings. The molecule has 0 spiro atoms. The fraction of sp³-hybridized carbons (Fsp3) is 0.471. The minimum absolute atomic E-state index is 0.152. The van der Waals surface area contributed by atoms with Crippen molar-refractivity contribution in [1.29, 1.82) is 0 Å². The fourth-order valence-corrected chi connectivity index (χ4v) is 2.98.